The molecule has 0 fully saturated rings. The molecule has 2 nitrogen and oxygen atoms in total. The minimum absolute atomic E-state index is 1.16. The van der Waals surface area contributed by atoms with E-state index in [4.69, 9.17) is 0 Å². The third-order valence-corrected chi connectivity index (χ3v) is 9.42. The maximum atomic E-state index is 2.50. The molecule has 7 aromatic carbocycles. The molecule has 2 heteroatoms. The largest absolute Gasteiger partial charge is 0.309 e. The minimum Gasteiger partial charge on any atom is -0.309 e. The van der Waals surface area contributed by atoms with Crippen molar-refractivity contribution in [1.82, 2.24) is 8.97 Å². The molecule has 0 aliphatic rings. The van der Waals surface area contributed by atoms with Crippen molar-refractivity contribution in [1.29, 1.82) is 0 Å². The van der Waals surface area contributed by atoms with Crippen LogP contribution in [-0.2, 0) is 0 Å². The summed E-state index contributed by atoms with van der Waals surface area (Å²) in [5.74, 6) is 0. The van der Waals surface area contributed by atoms with Crippen LogP contribution in [-0.4, -0.2) is 8.97 Å². The first-order chi connectivity index (χ1) is 21.8. The predicted molar refractivity (Wildman–Crippen MR) is 187 cm³/mol. The van der Waals surface area contributed by atoms with Gasteiger partial charge < -0.3 is 8.97 Å². The van der Waals surface area contributed by atoms with Crippen LogP contribution in [0.1, 0.15) is 0 Å². The molecule has 0 saturated carbocycles. The average Bonchev–Trinajstić information content (AvgIpc) is 3.65. The molecule has 3 aromatic heterocycles. The van der Waals surface area contributed by atoms with E-state index in [1.165, 1.54) is 81.8 Å². The van der Waals surface area contributed by atoms with Gasteiger partial charge in [-0.3, -0.25) is 0 Å². The molecule has 0 aliphatic heterocycles. The van der Waals surface area contributed by atoms with Gasteiger partial charge >= 0.3 is 0 Å². The molecule has 0 spiro atoms. The third kappa shape index (κ3) is 3.20. The molecule has 204 valence electrons. The Morgan fingerprint density at radius 2 is 1.00 bits per heavy atom. The molecule has 0 saturated heterocycles. The number of para-hydroxylation sites is 2. The normalized spacial score (nSPS) is 12.1. The Hall–Kier alpha value is -5.86. The fourth-order valence-corrected chi connectivity index (χ4v) is 7.51. The van der Waals surface area contributed by atoms with Gasteiger partial charge in [0.2, 0.25) is 0 Å². The number of nitrogens with zero attached hydrogens (tertiary/aromatic N) is 2. The molecule has 10 rings (SSSR count). The summed E-state index contributed by atoms with van der Waals surface area (Å²) in [6.07, 6.45) is 0. The number of hydrogen-bond donors (Lipinski definition) is 0. The molecule has 0 amide bonds. The van der Waals surface area contributed by atoms with Crippen LogP contribution in [0.2, 0.25) is 0 Å². The zero-order chi connectivity index (χ0) is 28.8. The van der Waals surface area contributed by atoms with Gasteiger partial charge in [-0.05, 0) is 69.8 Å². The van der Waals surface area contributed by atoms with Crippen LogP contribution in [0.15, 0.2) is 158 Å². The first-order valence-electron chi connectivity index (χ1n) is 15.2. The smallest absolute Gasteiger partial charge is 0.0635 e. The summed E-state index contributed by atoms with van der Waals surface area (Å²) >= 11 is 0. The van der Waals surface area contributed by atoms with Gasteiger partial charge in [0.25, 0.3) is 0 Å². The minimum atomic E-state index is 1.16. The first kappa shape index (κ1) is 23.7. The first-order valence-corrected chi connectivity index (χ1v) is 15.2. The molecule has 0 N–H and O–H groups in total. The number of hydrogen-bond acceptors (Lipinski definition) is 0. The molecule has 3 heterocycles. The zero-order valence-corrected chi connectivity index (χ0v) is 23.9. The van der Waals surface area contributed by atoms with Gasteiger partial charge in [0.15, 0.2) is 0 Å². The van der Waals surface area contributed by atoms with Gasteiger partial charge in [0.1, 0.15) is 0 Å². The molecule has 0 bridgehead atoms. The summed E-state index contributed by atoms with van der Waals surface area (Å²) in [6, 6.07) is 57.8. The summed E-state index contributed by atoms with van der Waals surface area (Å²) in [7, 11) is 0. The van der Waals surface area contributed by atoms with Gasteiger partial charge in [-0.1, -0.05) is 115 Å². The third-order valence-electron chi connectivity index (χ3n) is 9.42. The SMILES string of the molecule is c1cc(-c2ccc3ccccc3c2)cc(-n2c3ccccc3c3c2ccc2cc4c5ccccc5c5ccccc5n4c23)c1. The van der Waals surface area contributed by atoms with Crippen molar-refractivity contribution in [3.05, 3.63) is 158 Å². The topological polar surface area (TPSA) is 9.34 Å². The van der Waals surface area contributed by atoms with Gasteiger partial charge in [-0.15, -0.1) is 0 Å². The summed E-state index contributed by atoms with van der Waals surface area (Å²) in [5.41, 5.74) is 9.78. The highest BCUT2D eigenvalue weighted by Gasteiger charge is 2.19. The molecule has 0 unspecified atom stereocenters. The van der Waals surface area contributed by atoms with Crippen LogP contribution in [0.4, 0.5) is 0 Å². The summed E-state index contributed by atoms with van der Waals surface area (Å²) in [4.78, 5) is 0. The second-order valence-electron chi connectivity index (χ2n) is 11.8. The van der Waals surface area contributed by atoms with Gasteiger partial charge in [-0.25, -0.2) is 0 Å². The molecule has 44 heavy (non-hydrogen) atoms. The van der Waals surface area contributed by atoms with E-state index in [2.05, 4.69) is 167 Å². The lowest BCUT2D eigenvalue weighted by molar-refractivity contribution is 1.18. The Bertz CT molecular complexity index is 2780. The van der Waals surface area contributed by atoms with Crippen molar-refractivity contribution in [2.45, 2.75) is 0 Å². The number of aromatic nitrogens is 2. The van der Waals surface area contributed by atoms with Crippen LogP contribution < -0.4 is 0 Å². The van der Waals surface area contributed by atoms with E-state index in [0.717, 1.165) is 5.69 Å². The summed E-state index contributed by atoms with van der Waals surface area (Å²) < 4.78 is 4.94. The maximum Gasteiger partial charge on any atom is 0.0635 e. The van der Waals surface area contributed by atoms with E-state index in [9.17, 15) is 0 Å². The van der Waals surface area contributed by atoms with Crippen LogP contribution in [0, 0.1) is 0 Å². The van der Waals surface area contributed by atoms with E-state index >= 15 is 0 Å². The number of fused-ring (bicyclic) bond motifs is 13. The van der Waals surface area contributed by atoms with E-state index in [1.807, 2.05) is 0 Å². The van der Waals surface area contributed by atoms with Crippen molar-refractivity contribution in [2.75, 3.05) is 0 Å². The zero-order valence-electron chi connectivity index (χ0n) is 23.9. The average molecular weight is 559 g/mol. The van der Waals surface area contributed by atoms with Crippen LogP contribution >= 0.6 is 0 Å². The highest BCUT2D eigenvalue weighted by molar-refractivity contribution is 6.24. The van der Waals surface area contributed by atoms with Crippen molar-refractivity contribution in [3.63, 3.8) is 0 Å². The quantitative estimate of drug-likeness (QED) is 0.187. The lowest BCUT2D eigenvalue weighted by atomic mass is 10.0. The molecule has 0 aliphatic carbocycles. The van der Waals surface area contributed by atoms with Gasteiger partial charge in [0.05, 0.1) is 27.6 Å². The molecular weight excluding hydrogens is 532 g/mol. The summed E-state index contributed by atoms with van der Waals surface area (Å²) in [5, 5.41) is 10.2. The predicted octanol–water partition coefficient (Wildman–Crippen LogP) is 11.3. The fraction of sp³-hybridized carbons (Fsp3) is 0. The van der Waals surface area contributed by atoms with Crippen molar-refractivity contribution >= 4 is 70.7 Å². The van der Waals surface area contributed by atoms with E-state index in [0.29, 0.717) is 0 Å². The van der Waals surface area contributed by atoms with Crippen LogP contribution in [0.25, 0.3) is 87.5 Å². The molecule has 0 atom stereocenters. The molecule has 10 aromatic rings. The maximum absolute atomic E-state index is 2.50. The van der Waals surface area contributed by atoms with E-state index < -0.39 is 0 Å². The molecule has 0 radical (unpaired) electrons. The standard InChI is InChI=1S/C42H26N2/c1-2-11-28-24-30(21-20-27(28)10-1)29-12-9-13-32(25-29)43-38-19-8-6-17-36(38)41-39(43)23-22-31-26-40-35-16-4-3-14-33(35)34-15-5-7-18-37(34)44(40)42(31)41/h1-26H. The van der Waals surface area contributed by atoms with Gasteiger partial charge in [0, 0.05) is 32.6 Å². The van der Waals surface area contributed by atoms with Crippen LogP contribution in [0.5, 0.6) is 0 Å². The second-order valence-corrected chi connectivity index (χ2v) is 11.8. The lowest BCUT2D eigenvalue weighted by Crippen LogP contribution is -1.94. The number of rotatable bonds is 2. The molecular formula is C42H26N2. The monoisotopic (exact) mass is 558 g/mol. The fourth-order valence-electron chi connectivity index (χ4n) is 7.51. The highest BCUT2D eigenvalue weighted by atomic mass is 15.0. The van der Waals surface area contributed by atoms with E-state index in [1.54, 1.807) is 0 Å². The van der Waals surface area contributed by atoms with Gasteiger partial charge in [-0.2, -0.15) is 0 Å². The van der Waals surface area contributed by atoms with Crippen molar-refractivity contribution < 1.29 is 0 Å². The Kier molecular flexibility index (Phi) is 4.75. The van der Waals surface area contributed by atoms with Crippen LogP contribution in [0.3, 0.4) is 0 Å². The Morgan fingerprint density at radius 3 is 1.86 bits per heavy atom. The second kappa shape index (κ2) is 8.82. The van der Waals surface area contributed by atoms with Crippen molar-refractivity contribution in [2.24, 2.45) is 0 Å². The van der Waals surface area contributed by atoms with E-state index in [-0.39, 0.29) is 0 Å². The Balaban J connectivity index is 1.32. The summed E-state index contributed by atoms with van der Waals surface area (Å²) in [6.45, 7) is 0. The lowest BCUT2D eigenvalue weighted by Gasteiger charge is -2.12. The Morgan fingerprint density at radius 1 is 0.341 bits per heavy atom. The number of pyridine rings is 1. The Labute approximate surface area is 253 Å². The van der Waals surface area contributed by atoms with Crippen molar-refractivity contribution in [3.8, 4) is 16.8 Å². The highest BCUT2D eigenvalue weighted by Crippen LogP contribution is 2.41. The number of benzene rings is 7.